The number of aromatic amines is 2. The van der Waals surface area contributed by atoms with Gasteiger partial charge in [0.1, 0.15) is 0 Å². The van der Waals surface area contributed by atoms with Crippen LogP contribution in [0.3, 0.4) is 0 Å². The van der Waals surface area contributed by atoms with Crippen LogP contribution >= 0.6 is 12.2 Å². The molecule has 0 fully saturated rings. The van der Waals surface area contributed by atoms with Crippen molar-refractivity contribution in [2.24, 2.45) is 7.05 Å². The van der Waals surface area contributed by atoms with E-state index in [4.69, 9.17) is 18.0 Å². The summed E-state index contributed by atoms with van der Waals surface area (Å²) in [4.78, 5) is 20.4. The lowest BCUT2D eigenvalue weighted by Crippen LogP contribution is -2.11. The fraction of sp³-hybridized carbons (Fsp3) is 0.375. The Kier molecular flexibility index (Phi) is 3.25. The van der Waals surface area contributed by atoms with Crippen LogP contribution in [0.5, 0.6) is 0 Å². The Morgan fingerprint density at radius 2 is 2.00 bits per heavy atom. The minimum Gasteiger partial charge on any atom is -0.369 e. The number of aryl methyl sites for hydroxylation is 1. The molecule has 0 saturated heterocycles. The fourth-order valence-electron chi connectivity index (χ4n) is 1.12. The molecule has 0 aliphatic carbocycles. The standard InChI is InChI=1S/C6H7N5OS.C2H6/c1-11-3-2(8-6(11)13)4(12)10-5(7)9-3;1-2/h1H3,(H,8,13)(H3,7,9,10,12);1-2H3. The molecule has 0 aliphatic heterocycles. The molecular weight excluding hydrogens is 214 g/mol. The Labute approximate surface area is 91.2 Å². The van der Waals surface area contributed by atoms with Crippen molar-refractivity contribution in [1.82, 2.24) is 19.5 Å². The summed E-state index contributed by atoms with van der Waals surface area (Å²) in [6.45, 7) is 4.00. The van der Waals surface area contributed by atoms with E-state index in [0.29, 0.717) is 15.9 Å². The van der Waals surface area contributed by atoms with Crippen LogP contribution in [0.1, 0.15) is 13.8 Å². The van der Waals surface area contributed by atoms with Gasteiger partial charge in [0.25, 0.3) is 5.56 Å². The van der Waals surface area contributed by atoms with Crippen LogP contribution in [0.2, 0.25) is 0 Å². The van der Waals surface area contributed by atoms with E-state index in [1.807, 2.05) is 13.8 Å². The monoisotopic (exact) mass is 227 g/mol. The molecule has 0 unspecified atom stereocenters. The molecule has 15 heavy (non-hydrogen) atoms. The summed E-state index contributed by atoms with van der Waals surface area (Å²) in [5.74, 6) is 0.0853. The van der Waals surface area contributed by atoms with Crippen molar-refractivity contribution in [2.45, 2.75) is 13.8 Å². The number of fused-ring (bicyclic) bond motifs is 1. The summed E-state index contributed by atoms with van der Waals surface area (Å²) in [6, 6.07) is 0. The molecule has 0 bridgehead atoms. The van der Waals surface area contributed by atoms with E-state index in [0.717, 1.165) is 0 Å². The molecular formula is C8H13N5OS. The second-order valence-corrected chi connectivity index (χ2v) is 3.03. The van der Waals surface area contributed by atoms with Gasteiger partial charge in [0.15, 0.2) is 15.9 Å². The number of nitrogens with two attached hydrogens (primary N) is 1. The lowest BCUT2D eigenvalue weighted by Gasteiger charge is -1.94. The summed E-state index contributed by atoms with van der Waals surface area (Å²) in [5.41, 5.74) is 5.88. The normalized spacial score (nSPS) is 9.80. The molecule has 82 valence electrons. The van der Waals surface area contributed by atoms with Gasteiger partial charge in [-0.15, -0.1) is 0 Å². The van der Waals surface area contributed by atoms with Crippen molar-refractivity contribution >= 4 is 29.3 Å². The van der Waals surface area contributed by atoms with Gasteiger partial charge in [-0.2, -0.15) is 4.98 Å². The van der Waals surface area contributed by atoms with Gasteiger partial charge in [-0.05, 0) is 12.2 Å². The average molecular weight is 227 g/mol. The Morgan fingerprint density at radius 3 is 2.60 bits per heavy atom. The maximum Gasteiger partial charge on any atom is 0.278 e. The summed E-state index contributed by atoms with van der Waals surface area (Å²) in [7, 11) is 1.72. The Hall–Kier alpha value is -1.63. The van der Waals surface area contributed by atoms with Gasteiger partial charge in [0.2, 0.25) is 5.95 Å². The number of nitrogens with zero attached hydrogens (tertiary/aromatic N) is 2. The second-order valence-electron chi connectivity index (χ2n) is 2.64. The highest BCUT2D eigenvalue weighted by molar-refractivity contribution is 7.71. The number of imidazole rings is 1. The molecule has 4 N–H and O–H groups in total. The van der Waals surface area contributed by atoms with Crippen LogP contribution in [-0.4, -0.2) is 19.5 Å². The van der Waals surface area contributed by atoms with Crippen molar-refractivity contribution in [1.29, 1.82) is 0 Å². The number of nitrogen functional groups attached to an aromatic ring is 1. The van der Waals surface area contributed by atoms with Crippen molar-refractivity contribution in [3.05, 3.63) is 15.1 Å². The number of nitrogens with one attached hydrogen (secondary N) is 2. The highest BCUT2D eigenvalue weighted by Crippen LogP contribution is 2.05. The van der Waals surface area contributed by atoms with Crippen molar-refractivity contribution in [2.75, 3.05) is 5.73 Å². The third-order valence-electron chi connectivity index (χ3n) is 1.77. The summed E-state index contributed by atoms with van der Waals surface area (Å²) in [5, 5.41) is 0. The van der Waals surface area contributed by atoms with Crippen LogP contribution in [0.15, 0.2) is 4.79 Å². The first kappa shape index (κ1) is 11.4. The maximum atomic E-state index is 11.3. The number of hydrogen-bond acceptors (Lipinski definition) is 4. The largest absolute Gasteiger partial charge is 0.369 e. The van der Waals surface area contributed by atoms with Gasteiger partial charge in [-0.3, -0.25) is 9.78 Å². The smallest absolute Gasteiger partial charge is 0.278 e. The lowest BCUT2D eigenvalue weighted by molar-refractivity contribution is 0.910. The van der Waals surface area contributed by atoms with Gasteiger partial charge >= 0.3 is 0 Å². The zero-order valence-corrected chi connectivity index (χ0v) is 9.60. The fourth-order valence-corrected chi connectivity index (χ4v) is 1.31. The molecule has 6 nitrogen and oxygen atoms in total. The first-order chi connectivity index (χ1) is 7.09. The van der Waals surface area contributed by atoms with Crippen molar-refractivity contribution in [3.8, 4) is 0 Å². The van der Waals surface area contributed by atoms with Gasteiger partial charge in [0.05, 0.1) is 0 Å². The highest BCUT2D eigenvalue weighted by atomic mass is 32.1. The summed E-state index contributed by atoms with van der Waals surface area (Å²) in [6.07, 6.45) is 0. The van der Waals surface area contributed by atoms with Crippen molar-refractivity contribution < 1.29 is 0 Å². The summed E-state index contributed by atoms with van der Waals surface area (Å²) < 4.78 is 2.04. The molecule has 0 atom stereocenters. The molecule has 7 heteroatoms. The number of H-pyrrole nitrogens is 2. The predicted octanol–water partition coefficient (Wildman–Crippen LogP) is 0.928. The molecule has 0 aromatic carbocycles. The SMILES string of the molecule is CC.Cn1c(=S)[nH]c2c(=O)[nH]c(N)nc21. The molecule has 0 aliphatic rings. The van der Waals surface area contributed by atoms with Crippen LogP contribution in [0.4, 0.5) is 5.95 Å². The van der Waals surface area contributed by atoms with E-state index in [-0.39, 0.29) is 11.5 Å². The van der Waals surface area contributed by atoms with E-state index in [9.17, 15) is 4.79 Å². The molecule has 2 aromatic rings. The molecule has 0 radical (unpaired) electrons. The molecule has 2 aromatic heterocycles. The zero-order valence-electron chi connectivity index (χ0n) is 8.79. The van der Waals surface area contributed by atoms with Gasteiger partial charge in [-0.25, -0.2) is 0 Å². The number of anilines is 1. The lowest BCUT2D eigenvalue weighted by atomic mass is 10.5. The molecule has 0 amide bonds. The van der Waals surface area contributed by atoms with Crippen LogP contribution in [-0.2, 0) is 7.05 Å². The van der Waals surface area contributed by atoms with E-state index in [1.165, 1.54) is 0 Å². The third-order valence-corrected chi connectivity index (χ3v) is 2.15. The number of hydrogen-bond donors (Lipinski definition) is 3. The Bertz CT molecular complexity index is 579. The number of rotatable bonds is 0. The summed E-state index contributed by atoms with van der Waals surface area (Å²) >= 11 is 4.93. The molecule has 0 spiro atoms. The van der Waals surface area contributed by atoms with E-state index >= 15 is 0 Å². The maximum absolute atomic E-state index is 11.3. The van der Waals surface area contributed by atoms with E-state index in [2.05, 4.69) is 15.0 Å². The molecule has 2 rings (SSSR count). The average Bonchev–Trinajstić information content (AvgIpc) is 2.49. The van der Waals surface area contributed by atoms with Crippen molar-refractivity contribution in [3.63, 3.8) is 0 Å². The number of aromatic nitrogens is 4. The Morgan fingerprint density at radius 1 is 1.40 bits per heavy atom. The zero-order chi connectivity index (χ0) is 11.6. The third kappa shape index (κ3) is 1.91. The Balaban J connectivity index is 0.000000531. The predicted molar refractivity (Wildman–Crippen MR) is 62.3 cm³/mol. The minimum absolute atomic E-state index is 0.0853. The minimum atomic E-state index is -0.311. The van der Waals surface area contributed by atoms with Crippen LogP contribution in [0.25, 0.3) is 11.2 Å². The first-order valence-electron chi connectivity index (χ1n) is 4.54. The second kappa shape index (κ2) is 4.26. The van der Waals surface area contributed by atoms with E-state index < -0.39 is 0 Å². The van der Waals surface area contributed by atoms with Gasteiger partial charge < -0.3 is 15.3 Å². The molecule has 0 saturated carbocycles. The van der Waals surface area contributed by atoms with Crippen LogP contribution < -0.4 is 11.3 Å². The van der Waals surface area contributed by atoms with Gasteiger partial charge in [0, 0.05) is 7.05 Å². The van der Waals surface area contributed by atoms with Gasteiger partial charge in [-0.1, -0.05) is 13.8 Å². The topological polar surface area (TPSA) is 92.5 Å². The quantitative estimate of drug-likeness (QED) is 0.584. The van der Waals surface area contributed by atoms with Crippen LogP contribution in [0, 0.1) is 4.77 Å². The first-order valence-corrected chi connectivity index (χ1v) is 4.95. The molecule has 2 heterocycles. The highest BCUT2D eigenvalue weighted by Gasteiger charge is 2.06. The van der Waals surface area contributed by atoms with E-state index in [1.54, 1.807) is 11.6 Å².